The number of nitrogens with two attached hydrogens (primary N) is 1. The minimum absolute atomic E-state index is 0.0167. The van der Waals surface area contributed by atoms with Crippen LogP contribution in [0.15, 0.2) is 47.4 Å². The fourth-order valence-corrected chi connectivity index (χ4v) is 2.95. The molecule has 26 heavy (non-hydrogen) atoms. The number of hydrogen-bond donors (Lipinski definition) is 3. The van der Waals surface area contributed by atoms with E-state index in [4.69, 9.17) is 5.14 Å². The van der Waals surface area contributed by atoms with Crippen LogP contribution in [0.25, 0.3) is 0 Å². The highest BCUT2D eigenvalue weighted by Gasteiger charge is 2.16. The first-order valence-corrected chi connectivity index (χ1v) is 9.56. The summed E-state index contributed by atoms with van der Waals surface area (Å²) in [6.07, 6.45) is 0.731. The summed E-state index contributed by atoms with van der Waals surface area (Å²) < 4.78 is 22.4. The number of para-hydroxylation sites is 1. The van der Waals surface area contributed by atoms with Gasteiger partial charge in [-0.2, -0.15) is 0 Å². The molecule has 0 fully saturated rings. The summed E-state index contributed by atoms with van der Waals surface area (Å²) in [4.78, 5) is 24.1. The zero-order chi connectivity index (χ0) is 19.3. The molecule has 0 spiro atoms. The molecule has 0 aliphatic heterocycles. The minimum Gasteiger partial charge on any atom is -0.344 e. The largest absolute Gasteiger partial charge is 0.344 e. The van der Waals surface area contributed by atoms with E-state index < -0.39 is 21.8 Å². The van der Waals surface area contributed by atoms with Gasteiger partial charge in [-0.05, 0) is 42.2 Å². The van der Waals surface area contributed by atoms with Crippen LogP contribution >= 0.6 is 0 Å². The zero-order valence-corrected chi connectivity index (χ0v) is 15.4. The number of primary sulfonamides is 1. The normalized spacial score (nSPS) is 11.0. The molecule has 0 atom stereocenters. The van der Waals surface area contributed by atoms with Crippen LogP contribution < -0.4 is 15.8 Å². The number of carbonyl (C=O) groups is 2. The molecule has 2 aromatic carbocycles. The number of rotatable bonds is 5. The molecule has 7 nitrogen and oxygen atoms in total. The highest BCUT2D eigenvalue weighted by molar-refractivity contribution is 7.89. The molecule has 0 aromatic heterocycles. The van der Waals surface area contributed by atoms with Crippen LogP contribution in [0.5, 0.6) is 0 Å². The predicted octanol–water partition coefficient (Wildman–Crippen LogP) is 1.46. The number of anilines is 1. The van der Waals surface area contributed by atoms with Gasteiger partial charge in [0.25, 0.3) is 0 Å². The second-order valence-corrected chi connectivity index (χ2v) is 7.35. The molecule has 0 aliphatic carbocycles. The molecule has 0 aliphatic rings. The Hall–Kier alpha value is -2.71. The third kappa shape index (κ3) is 4.90. The lowest BCUT2D eigenvalue weighted by molar-refractivity contribution is -0.136. The van der Waals surface area contributed by atoms with E-state index in [-0.39, 0.29) is 11.4 Å². The molecule has 138 valence electrons. The third-order valence-electron chi connectivity index (χ3n) is 3.89. The average Bonchev–Trinajstić information content (AvgIpc) is 2.60. The van der Waals surface area contributed by atoms with Crippen LogP contribution in [0, 0.1) is 6.92 Å². The Bertz CT molecular complexity index is 922. The van der Waals surface area contributed by atoms with E-state index in [2.05, 4.69) is 10.6 Å². The first-order valence-electron chi connectivity index (χ1n) is 8.01. The quantitative estimate of drug-likeness (QED) is 0.686. The number of hydrogen-bond acceptors (Lipinski definition) is 4. The van der Waals surface area contributed by atoms with E-state index in [0.717, 1.165) is 17.5 Å². The zero-order valence-electron chi connectivity index (χ0n) is 14.6. The van der Waals surface area contributed by atoms with E-state index in [1.807, 2.05) is 32.0 Å². The van der Waals surface area contributed by atoms with Gasteiger partial charge in [-0.1, -0.05) is 37.3 Å². The van der Waals surface area contributed by atoms with Crippen LogP contribution in [0.3, 0.4) is 0 Å². The van der Waals surface area contributed by atoms with Gasteiger partial charge in [-0.15, -0.1) is 0 Å². The second-order valence-electron chi connectivity index (χ2n) is 5.79. The smallest absolute Gasteiger partial charge is 0.313 e. The Morgan fingerprint density at radius 1 is 1.04 bits per heavy atom. The molecular weight excluding hydrogens is 354 g/mol. The Morgan fingerprint density at radius 3 is 2.27 bits per heavy atom. The van der Waals surface area contributed by atoms with E-state index in [0.29, 0.717) is 11.3 Å². The highest BCUT2D eigenvalue weighted by Crippen LogP contribution is 2.20. The average molecular weight is 375 g/mol. The number of benzene rings is 2. The van der Waals surface area contributed by atoms with Crippen LogP contribution in [0.4, 0.5) is 5.69 Å². The summed E-state index contributed by atoms with van der Waals surface area (Å²) in [5.74, 6) is -1.53. The van der Waals surface area contributed by atoms with Crippen molar-refractivity contribution in [3.63, 3.8) is 0 Å². The molecule has 2 aromatic rings. The molecule has 0 saturated carbocycles. The van der Waals surface area contributed by atoms with Crippen molar-refractivity contribution in [1.29, 1.82) is 0 Å². The maximum absolute atomic E-state index is 12.1. The topological polar surface area (TPSA) is 118 Å². The number of amides is 2. The SMILES string of the molecule is CCc1cccc(C)c1NC(=O)C(=O)NCc1ccc(S(N)(=O)=O)cc1. The molecule has 2 rings (SSSR count). The van der Waals surface area contributed by atoms with Gasteiger partial charge in [0.1, 0.15) is 0 Å². The van der Waals surface area contributed by atoms with Gasteiger partial charge >= 0.3 is 11.8 Å². The predicted molar refractivity (Wildman–Crippen MR) is 98.8 cm³/mol. The van der Waals surface area contributed by atoms with Crippen molar-refractivity contribution in [2.75, 3.05) is 5.32 Å². The van der Waals surface area contributed by atoms with Gasteiger partial charge < -0.3 is 10.6 Å². The maximum atomic E-state index is 12.1. The van der Waals surface area contributed by atoms with Gasteiger partial charge in [-0.25, -0.2) is 13.6 Å². The molecule has 0 radical (unpaired) electrons. The van der Waals surface area contributed by atoms with Gasteiger partial charge in [0.15, 0.2) is 0 Å². The molecule has 0 saturated heterocycles. The Balaban J connectivity index is 1.99. The van der Waals surface area contributed by atoms with E-state index in [1.165, 1.54) is 24.3 Å². The van der Waals surface area contributed by atoms with Crippen molar-refractivity contribution in [1.82, 2.24) is 5.32 Å². The Morgan fingerprint density at radius 2 is 1.69 bits per heavy atom. The van der Waals surface area contributed by atoms with E-state index in [1.54, 1.807) is 0 Å². The number of nitrogens with one attached hydrogen (secondary N) is 2. The molecule has 2 amide bonds. The lowest BCUT2D eigenvalue weighted by Crippen LogP contribution is -2.35. The van der Waals surface area contributed by atoms with Crippen LogP contribution in [0.2, 0.25) is 0 Å². The first kappa shape index (κ1) is 19.6. The molecule has 8 heteroatoms. The number of sulfonamides is 1. The fraction of sp³-hybridized carbons (Fsp3) is 0.222. The van der Waals surface area contributed by atoms with Crippen LogP contribution in [0.1, 0.15) is 23.6 Å². The summed E-state index contributed by atoms with van der Waals surface area (Å²) in [5.41, 5.74) is 3.12. The van der Waals surface area contributed by atoms with Crippen molar-refractivity contribution >= 4 is 27.5 Å². The summed E-state index contributed by atoms with van der Waals surface area (Å²) in [6, 6.07) is 11.4. The molecule has 0 unspecified atom stereocenters. The van der Waals surface area contributed by atoms with Crippen molar-refractivity contribution in [3.8, 4) is 0 Å². The lowest BCUT2D eigenvalue weighted by Gasteiger charge is -2.13. The summed E-state index contributed by atoms with van der Waals surface area (Å²) in [7, 11) is -3.76. The number of aryl methyl sites for hydroxylation is 2. The Kier molecular flexibility index (Phi) is 6.12. The summed E-state index contributed by atoms with van der Waals surface area (Å²) in [6.45, 7) is 3.92. The molecule has 0 heterocycles. The van der Waals surface area contributed by atoms with Crippen molar-refractivity contribution in [2.24, 2.45) is 5.14 Å². The van der Waals surface area contributed by atoms with Gasteiger partial charge in [0, 0.05) is 12.2 Å². The van der Waals surface area contributed by atoms with Crippen molar-refractivity contribution in [2.45, 2.75) is 31.7 Å². The second kappa shape index (κ2) is 8.11. The van der Waals surface area contributed by atoms with Crippen LogP contribution in [-0.2, 0) is 32.6 Å². The fourth-order valence-electron chi connectivity index (χ4n) is 2.43. The molecule has 4 N–H and O–H groups in total. The van der Waals surface area contributed by atoms with Crippen molar-refractivity contribution in [3.05, 3.63) is 59.2 Å². The summed E-state index contributed by atoms with van der Waals surface area (Å²) >= 11 is 0. The van der Waals surface area contributed by atoms with Crippen molar-refractivity contribution < 1.29 is 18.0 Å². The molecule has 0 bridgehead atoms. The minimum atomic E-state index is -3.76. The van der Waals surface area contributed by atoms with Gasteiger partial charge in [0.2, 0.25) is 10.0 Å². The first-order chi connectivity index (χ1) is 12.2. The highest BCUT2D eigenvalue weighted by atomic mass is 32.2. The molecular formula is C18H21N3O4S. The van der Waals surface area contributed by atoms with Gasteiger partial charge in [-0.3, -0.25) is 9.59 Å². The van der Waals surface area contributed by atoms with Gasteiger partial charge in [0.05, 0.1) is 4.90 Å². The monoisotopic (exact) mass is 375 g/mol. The van der Waals surface area contributed by atoms with E-state index in [9.17, 15) is 18.0 Å². The van der Waals surface area contributed by atoms with Crippen LogP contribution in [-0.4, -0.2) is 20.2 Å². The maximum Gasteiger partial charge on any atom is 0.313 e. The summed E-state index contributed by atoms with van der Waals surface area (Å²) in [5, 5.41) is 10.2. The van der Waals surface area contributed by atoms with E-state index >= 15 is 0 Å². The number of carbonyl (C=O) groups excluding carboxylic acids is 2. The standard InChI is InChI=1S/C18H21N3O4S/c1-3-14-6-4-5-12(2)16(14)21-18(23)17(22)20-11-13-7-9-15(10-8-13)26(19,24)25/h4-10H,3,11H2,1-2H3,(H,20,22)(H,21,23)(H2,19,24,25). The third-order valence-corrected chi connectivity index (χ3v) is 4.82. The lowest BCUT2D eigenvalue weighted by atomic mass is 10.1. The Labute approximate surface area is 152 Å².